The van der Waals surface area contributed by atoms with Crippen LogP contribution in [0.4, 0.5) is 10.1 Å². The molecule has 0 aliphatic carbocycles. The summed E-state index contributed by atoms with van der Waals surface area (Å²) >= 11 is 0. The molecule has 0 saturated heterocycles. The number of nitrogens with one attached hydrogen (secondary N) is 1. The van der Waals surface area contributed by atoms with Gasteiger partial charge in [-0.05, 0) is 26.0 Å². The summed E-state index contributed by atoms with van der Waals surface area (Å²) in [7, 11) is 0. The lowest BCUT2D eigenvalue weighted by atomic mass is 10.0. The average molecular weight is 315 g/mol. The number of aryl methyl sites for hydroxylation is 1. The Morgan fingerprint density at radius 1 is 1.17 bits per heavy atom. The Bertz CT molecular complexity index is 655. The zero-order valence-corrected chi connectivity index (χ0v) is 13.8. The van der Waals surface area contributed by atoms with Crippen molar-refractivity contribution >= 4 is 11.6 Å². The van der Waals surface area contributed by atoms with Gasteiger partial charge in [-0.2, -0.15) is 0 Å². The molecule has 0 heterocycles. The van der Waals surface area contributed by atoms with E-state index in [-0.39, 0.29) is 23.7 Å². The van der Waals surface area contributed by atoms with Crippen LogP contribution in [0.15, 0.2) is 48.5 Å². The molecule has 122 valence electrons. The highest BCUT2D eigenvalue weighted by molar-refractivity contribution is 5.93. The standard InChI is InChI=1S/C19H23FN2O/c1-4-17(15-11-9-13(2)10-12-15)21-14(3)19(23)22-18-8-6-5-7-16(18)20/h5-12,14,17,21H,4H2,1-3H3,(H,22,23)/p+1/t14-,17-/m0/s1. The fourth-order valence-corrected chi connectivity index (χ4v) is 2.54. The second-order valence-corrected chi connectivity index (χ2v) is 5.88. The Morgan fingerprint density at radius 3 is 2.43 bits per heavy atom. The Kier molecular flexibility index (Phi) is 5.88. The molecule has 23 heavy (non-hydrogen) atoms. The van der Waals surface area contributed by atoms with E-state index in [9.17, 15) is 9.18 Å². The van der Waals surface area contributed by atoms with Gasteiger partial charge in [-0.3, -0.25) is 4.79 Å². The summed E-state index contributed by atoms with van der Waals surface area (Å²) in [4.78, 5) is 12.3. The van der Waals surface area contributed by atoms with Gasteiger partial charge in [0, 0.05) is 12.0 Å². The maximum atomic E-state index is 13.6. The normalized spacial score (nSPS) is 13.4. The highest BCUT2D eigenvalue weighted by atomic mass is 19.1. The molecule has 0 radical (unpaired) electrons. The highest BCUT2D eigenvalue weighted by Gasteiger charge is 2.22. The molecule has 2 rings (SSSR count). The number of halogens is 1. The van der Waals surface area contributed by atoms with E-state index in [2.05, 4.69) is 43.4 Å². The lowest BCUT2D eigenvalue weighted by molar-refractivity contribution is -0.713. The molecule has 3 N–H and O–H groups in total. The first-order chi connectivity index (χ1) is 11.0. The molecule has 2 atom stereocenters. The van der Waals surface area contributed by atoms with Gasteiger partial charge < -0.3 is 10.6 Å². The first-order valence-electron chi connectivity index (χ1n) is 7.98. The molecule has 1 amide bonds. The van der Waals surface area contributed by atoms with Crippen molar-refractivity contribution in [2.24, 2.45) is 0 Å². The molecule has 0 bridgehead atoms. The molecular formula is C19H24FN2O+. The first kappa shape index (κ1) is 17.2. The van der Waals surface area contributed by atoms with Crippen molar-refractivity contribution < 1.29 is 14.5 Å². The monoisotopic (exact) mass is 315 g/mol. The molecule has 0 saturated carbocycles. The number of benzene rings is 2. The third-order valence-electron chi connectivity index (χ3n) is 4.01. The Labute approximate surface area is 136 Å². The van der Waals surface area contributed by atoms with Crippen LogP contribution in [0.5, 0.6) is 0 Å². The van der Waals surface area contributed by atoms with E-state index in [0.29, 0.717) is 0 Å². The molecule has 2 aromatic rings. The number of amides is 1. The van der Waals surface area contributed by atoms with Gasteiger partial charge in [0.15, 0.2) is 6.04 Å². The molecule has 0 unspecified atom stereocenters. The van der Waals surface area contributed by atoms with Gasteiger partial charge in [-0.1, -0.05) is 48.9 Å². The van der Waals surface area contributed by atoms with Crippen molar-refractivity contribution in [1.29, 1.82) is 0 Å². The molecular weight excluding hydrogens is 291 g/mol. The minimum Gasteiger partial charge on any atom is -0.330 e. The van der Waals surface area contributed by atoms with Crippen molar-refractivity contribution in [2.75, 3.05) is 5.32 Å². The Morgan fingerprint density at radius 2 is 1.83 bits per heavy atom. The SMILES string of the molecule is CC[C@H]([NH2+][C@@H](C)C(=O)Nc1ccccc1F)c1ccc(C)cc1. The largest absolute Gasteiger partial charge is 0.330 e. The average Bonchev–Trinajstić information content (AvgIpc) is 2.55. The van der Waals surface area contributed by atoms with Gasteiger partial charge in [-0.15, -0.1) is 0 Å². The highest BCUT2D eigenvalue weighted by Crippen LogP contribution is 2.14. The molecule has 0 fully saturated rings. The molecule has 2 aromatic carbocycles. The van der Waals surface area contributed by atoms with E-state index < -0.39 is 5.82 Å². The molecule has 0 aliphatic rings. The number of rotatable bonds is 6. The molecule has 0 aliphatic heterocycles. The van der Waals surface area contributed by atoms with Gasteiger partial charge in [0.1, 0.15) is 11.9 Å². The maximum Gasteiger partial charge on any atom is 0.282 e. The van der Waals surface area contributed by atoms with Crippen LogP contribution in [0.2, 0.25) is 0 Å². The quantitative estimate of drug-likeness (QED) is 0.845. The third kappa shape index (κ3) is 4.63. The van der Waals surface area contributed by atoms with Crippen LogP contribution in [0.25, 0.3) is 0 Å². The summed E-state index contributed by atoms with van der Waals surface area (Å²) in [6.07, 6.45) is 0.917. The lowest BCUT2D eigenvalue weighted by Crippen LogP contribution is -2.92. The second-order valence-electron chi connectivity index (χ2n) is 5.88. The number of carbonyl (C=O) groups is 1. The predicted molar refractivity (Wildman–Crippen MR) is 90.6 cm³/mol. The summed E-state index contributed by atoms with van der Waals surface area (Å²) in [5, 5.41) is 4.68. The number of nitrogens with two attached hydrogens (primary N) is 1. The molecule has 4 heteroatoms. The van der Waals surface area contributed by atoms with Crippen molar-refractivity contribution in [3.8, 4) is 0 Å². The van der Waals surface area contributed by atoms with Gasteiger partial charge in [-0.25, -0.2) is 4.39 Å². The summed E-state index contributed by atoms with van der Waals surface area (Å²) in [6, 6.07) is 14.5. The van der Waals surface area contributed by atoms with Gasteiger partial charge in [0.05, 0.1) is 5.69 Å². The van der Waals surface area contributed by atoms with E-state index in [1.807, 2.05) is 12.2 Å². The number of hydrogen-bond acceptors (Lipinski definition) is 1. The van der Waals surface area contributed by atoms with Crippen LogP contribution >= 0.6 is 0 Å². The molecule has 3 nitrogen and oxygen atoms in total. The summed E-state index contributed by atoms with van der Waals surface area (Å²) in [5.41, 5.74) is 2.64. The number of hydrogen-bond donors (Lipinski definition) is 2. The minimum atomic E-state index is -0.418. The zero-order valence-electron chi connectivity index (χ0n) is 13.8. The number of carbonyl (C=O) groups excluding carboxylic acids is 1. The maximum absolute atomic E-state index is 13.6. The molecule has 0 aromatic heterocycles. The number of para-hydroxylation sites is 1. The predicted octanol–water partition coefficient (Wildman–Crippen LogP) is 3.18. The third-order valence-corrected chi connectivity index (χ3v) is 4.01. The van der Waals surface area contributed by atoms with Crippen LogP contribution in [0, 0.1) is 12.7 Å². The lowest BCUT2D eigenvalue weighted by Gasteiger charge is -2.19. The fraction of sp³-hybridized carbons (Fsp3) is 0.316. The van der Waals surface area contributed by atoms with Crippen molar-refractivity contribution in [3.05, 3.63) is 65.5 Å². The second kappa shape index (κ2) is 7.88. The van der Waals surface area contributed by atoms with E-state index in [4.69, 9.17) is 0 Å². The van der Waals surface area contributed by atoms with Crippen LogP contribution in [-0.4, -0.2) is 11.9 Å². The Balaban J connectivity index is 2.01. The molecule has 0 spiro atoms. The van der Waals surface area contributed by atoms with E-state index in [0.717, 1.165) is 6.42 Å². The summed E-state index contributed by atoms with van der Waals surface area (Å²) in [6.45, 7) is 5.99. The van der Waals surface area contributed by atoms with Crippen LogP contribution in [-0.2, 0) is 4.79 Å². The van der Waals surface area contributed by atoms with Crippen molar-refractivity contribution in [1.82, 2.24) is 0 Å². The van der Waals surface area contributed by atoms with Gasteiger partial charge in [0.25, 0.3) is 5.91 Å². The summed E-state index contributed by atoms with van der Waals surface area (Å²) < 4.78 is 13.6. The van der Waals surface area contributed by atoms with Crippen LogP contribution < -0.4 is 10.6 Å². The van der Waals surface area contributed by atoms with Crippen LogP contribution in [0.3, 0.4) is 0 Å². The van der Waals surface area contributed by atoms with E-state index in [1.54, 1.807) is 18.2 Å². The number of quaternary nitrogens is 1. The van der Waals surface area contributed by atoms with Crippen molar-refractivity contribution in [2.45, 2.75) is 39.3 Å². The Hall–Kier alpha value is -2.20. The summed E-state index contributed by atoms with van der Waals surface area (Å²) in [5.74, 6) is -0.612. The van der Waals surface area contributed by atoms with E-state index >= 15 is 0 Å². The first-order valence-corrected chi connectivity index (χ1v) is 7.98. The zero-order chi connectivity index (χ0) is 16.8. The fourth-order valence-electron chi connectivity index (χ4n) is 2.54. The number of anilines is 1. The van der Waals surface area contributed by atoms with E-state index in [1.165, 1.54) is 17.2 Å². The van der Waals surface area contributed by atoms with Crippen molar-refractivity contribution in [3.63, 3.8) is 0 Å². The topological polar surface area (TPSA) is 45.7 Å². The smallest absolute Gasteiger partial charge is 0.282 e. The van der Waals surface area contributed by atoms with Crippen LogP contribution in [0.1, 0.15) is 37.4 Å². The van der Waals surface area contributed by atoms with Gasteiger partial charge >= 0.3 is 0 Å². The van der Waals surface area contributed by atoms with Gasteiger partial charge in [0.2, 0.25) is 0 Å². The minimum absolute atomic E-state index is 0.194.